The molecule has 2 aromatic carbocycles. The molecule has 0 radical (unpaired) electrons. The van der Waals surface area contributed by atoms with Gasteiger partial charge in [-0.1, -0.05) is 24.3 Å². The Bertz CT molecular complexity index is 730. The van der Waals surface area contributed by atoms with Crippen LogP contribution in [0.25, 0.3) is 11.1 Å². The molecule has 0 saturated carbocycles. The lowest BCUT2D eigenvalue weighted by Crippen LogP contribution is -2.40. The largest absolute Gasteiger partial charge is 0.475 e. The number of hydrogen-bond acceptors (Lipinski definition) is 2. The van der Waals surface area contributed by atoms with E-state index in [1.807, 2.05) is 0 Å². The molecule has 2 aromatic rings. The van der Waals surface area contributed by atoms with E-state index in [9.17, 15) is 35.1 Å². The van der Waals surface area contributed by atoms with Gasteiger partial charge in [0.25, 0.3) is 0 Å². The van der Waals surface area contributed by atoms with Crippen molar-refractivity contribution in [1.29, 1.82) is 0 Å². The van der Waals surface area contributed by atoms with Crippen LogP contribution in [0.5, 0.6) is 11.5 Å². The van der Waals surface area contributed by atoms with E-state index in [4.69, 9.17) is 0 Å². The second-order valence-electron chi connectivity index (χ2n) is 5.28. The second-order valence-corrected chi connectivity index (χ2v) is 7.27. The van der Waals surface area contributed by atoms with E-state index in [1.54, 1.807) is 0 Å². The minimum atomic E-state index is -4.80. The fraction of sp³-hybridized carbons (Fsp3) is 0.250. The Balaban J connectivity index is 2.13. The molecular weight excluding hydrogens is 536 g/mol. The summed E-state index contributed by atoms with van der Waals surface area (Å²) >= 11 is 3.05. The van der Waals surface area contributed by atoms with Gasteiger partial charge in [-0.05, 0) is 35.4 Å². The Labute approximate surface area is 169 Å². The first-order valence-corrected chi connectivity index (χ1v) is 8.69. The van der Waals surface area contributed by atoms with E-state index in [0.29, 0.717) is 11.1 Å². The summed E-state index contributed by atoms with van der Waals surface area (Å²) < 4.78 is 111. The molecule has 0 heterocycles. The van der Waals surface area contributed by atoms with Crippen molar-refractivity contribution < 1.29 is 44.6 Å². The van der Waals surface area contributed by atoms with Gasteiger partial charge < -0.3 is 9.47 Å². The quantitative estimate of drug-likeness (QED) is 0.270. The molecule has 0 N–H and O–H groups in total. The normalized spacial score (nSPS) is 13.4. The van der Waals surface area contributed by atoms with Gasteiger partial charge in [0.05, 0.1) is 0 Å². The molecule has 0 aliphatic rings. The van der Waals surface area contributed by atoms with Crippen LogP contribution in [-0.4, -0.2) is 21.9 Å². The van der Waals surface area contributed by atoms with Gasteiger partial charge in [-0.3, -0.25) is 0 Å². The molecule has 0 aliphatic carbocycles. The first-order valence-electron chi connectivity index (χ1n) is 7.10. The van der Waals surface area contributed by atoms with Crippen molar-refractivity contribution in [3.05, 3.63) is 48.5 Å². The Hall–Kier alpha value is -1.56. The number of ether oxygens (including phenoxy) is 2. The highest BCUT2D eigenvalue weighted by Gasteiger charge is 2.58. The summed E-state index contributed by atoms with van der Waals surface area (Å²) in [7, 11) is 0. The van der Waals surface area contributed by atoms with Gasteiger partial charge in [0.1, 0.15) is 11.5 Å². The molecule has 0 saturated heterocycles. The smallest absolute Gasteiger partial charge is 0.427 e. The maximum absolute atomic E-state index is 13.2. The minimum Gasteiger partial charge on any atom is -0.427 e. The molecule has 2 rings (SSSR count). The number of benzene rings is 2. The third kappa shape index (κ3) is 5.28. The van der Waals surface area contributed by atoms with Crippen LogP contribution in [0.2, 0.25) is 0 Å². The second kappa shape index (κ2) is 7.69. The zero-order valence-electron chi connectivity index (χ0n) is 13.2. The van der Waals surface area contributed by atoms with Crippen LogP contribution in [0.3, 0.4) is 0 Å². The standard InChI is InChI=1S/C16H8Br2F8O2/c17-13(19,20)15(23,24)27-11-5-1-9(2-6-11)10-3-7-12(8-4-10)28-16(25,26)14(18,21)22/h1-8H. The van der Waals surface area contributed by atoms with Crippen LogP contribution in [0.15, 0.2) is 48.5 Å². The van der Waals surface area contributed by atoms with Crippen LogP contribution in [-0.2, 0) is 0 Å². The van der Waals surface area contributed by atoms with Crippen LogP contribution in [0.1, 0.15) is 0 Å². The first kappa shape index (κ1) is 22.7. The molecular formula is C16H8Br2F8O2. The fourth-order valence-corrected chi connectivity index (χ4v) is 2.00. The van der Waals surface area contributed by atoms with E-state index < -0.39 is 33.4 Å². The Morgan fingerprint density at radius 3 is 0.964 bits per heavy atom. The Kier molecular flexibility index (Phi) is 6.25. The van der Waals surface area contributed by atoms with Crippen LogP contribution < -0.4 is 9.47 Å². The van der Waals surface area contributed by atoms with Crippen molar-refractivity contribution in [3.8, 4) is 22.6 Å². The summed E-state index contributed by atoms with van der Waals surface area (Å²) in [5, 5.41) is 0. The molecule has 0 unspecified atom stereocenters. The lowest BCUT2D eigenvalue weighted by molar-refractivity contribution is -0.266. The maximum Gasteiger partial charge on any atom is 0.475 e. The van der Waals surface area contributed by atoms with Crippen LogP contribution in [0, 0.1) is 0 Å². The molecule has 0 spiro atoms. The van der Waals surface area contributed by atoms with Gasteiger partial charge in [0, 0.05) is 31.9 Å². The maximum atomic E-state index is 13.2. The summed E-state index contributed by atoms with van der Waals surface area (Å²) in [5.41, 5.74) is 0.760. The number of halogens is 10. The predicted octanol–water partition coefficient (Wildman–Crippen LogP) is 7.27. The molecule has 12 heteroatoms. The molecule has 0 aliphatic heterocycles. The predicted molar refractivity (Wildman–Crippen MR) is 90.8 cm³/mol. The molecule has 2 nitrogen and oxygen atoms in total. The van der Waals surface area contributed by atoms with Crippen molar-refractivity contribution in [3.63, 3.8) is 0 Å². The first-order chi connectivity index (χ1) is 12.6. The average molecular weight is 544 g/mol. The highest BCUT2D eigenvalue weighted by molar-refractivity contribution is 9.10. The van der Waals surface area contributed by atoms with Gasteiger partial charge in [-0.2, -0.15) is 35.1 Å². The lowest BCUT2D eigenvalue weighted by Gasteiger charge is -2.22. The number of rotatable bonds is 7. The van der Waals surface area contributed by atoms with Gasteiger partial charge in [0.2, 0.25) is 0 Å². The van der Waals surface area contributed by atoms with Gasteiger partial charge in [-0.15, -0.1) is 0 Å². The summed E-state index contributed by atoms with van der Waals surface area (Å²) in [5.74, 6) is -1.10. The van der Waals surface area contributed by atoms with Crippen molar-refractivity contribution >= 4 is 31.9 Å². The summed E-state index contributed by atoms with van der Waals surface area (Å²) in [4.78, 5) is -9.16. The molecule has 28 heavy (non-hydrogen) atoms. The van der Waals surface area contributed by atoms with Gasteiger partial charge in [-0.25, -0.2) is 0 Å². The minimum absolute atomic E-state index is 0.380. The summed E-state index contributed by atoms with van der Waals surface area (Å²) in [6, 6.07) is 8.95. The fourth-order valence-electron chi connectivity index (χ4n) is 1.84. The Morgan fingerprint density at radius 2 is 0.750 bits per heavy atom. The SMILES string of the molecule is FC(F)(Br)C(F)(F)Oc1ccc(-c2ccc(OC(F)(F)C(F)(F)Br)cc2)cc1. The summed E-state index contributed by atoms with van der Waals surface area (Å²) in [6.45, 7) is 0. The van der Waals surface area contributed by atoms with Crippen molar-refractivity contribution in [2.45, 2.75) is 21.9 Å². The third-order valence-corrected chi connectivity index (χ3v) is 4.12. The highest BCUT2D eigenvalue weighted by Crippen LogP contribution is 2.42. The average Bonchev–Trinajstić information content (AvgIpc) is 2.53. The number of alkyl halides is 10. The molecule has 0 atom stereocenters. The van der Waals surface area contributed by atoms with E-state index in [2.05, 4.69) is 9.47 Å². The van der Waals surface area contributed by atoms with E-state index in [-0.39, 0.29) is 0 Å². The molecule has 0 aromatic heterocycles. The van der Waals surface area contributed by atoms with Crippen LogP contribution in [0.4, 0.5) is 35.1 Å². The third-order valence-electron chi connectivity index (χ3n) is 3.19. The van der Waals surface area contributed by atoms with Gasteiger partial charge >= 0.3 is 21.9 Å². The van der Waals surface area contributed by atoms with E-state index >= 15 is 0 Å². The molecule has 0 fully saturated rings. The van der Waals surface area contributed by atoms with Crippen molar-refractivity contribution in [1.82, 2.24) is 0 Å². The summed E-state index contributed by atoms with van der Waals surface area (Å²) in [6.07, 6.45) is -9.59. The molecule has 0 bridgehead atoms. The van der Waals surface area contributed by atoms with Crippen molar-refractivity contribution in [2.75, 3.05) is 0 Å². The topological polar surface area (TPSA) is 18.5 Å². The van der Waals surface area contributed by atoms with Crippen molar-refractivity contribution in [2.24, 2.45) is 0 Å². The monoisotopic (exact) mass is 542 g/mol. The van der Waals surface area contributed by atoms with Gasteiger partial charge in [0.15, 0.2) is 0 Å². The van der Waals surface area contributed by atoms with E-state index in [1.165, 1.54) is 56.1 Å². The zero-order chi connectivity index (χ0) is 21.4. The molecule has 154 valence electrons. The van der Waals surface area contributed by atoms with Crippen LogP contribution >= 0.6 is 31.9 Å². The zero-order valence-corrected chi connectivity index (χ0v) is 16.4. The molecule has 0 amide bonds. The van der Waals surface area contributed by atoms with E-state index in [0.717, 1.165) is 24.3 Å². The lowest BCUT2D eigenvalue weighted by atomic mass is 10.1. The highest BCUT2D eigenvalue weighted by atomic mass is 79.9. The Morgan fingerprint density at radius 1 is 0.500 bits per heavy atom. The number of hydrogen-bond donors (Lipinski definition) is 0.